The Kier molecular flexibility index (Phi) is 4.37. The molecule has 3 aromatic rings. The van der Waals surface area contributed by atoms with E-state index in [1.807, 2.05) is 36.0 Å². The van der Waals surface area contributed by atoms with Crippen molar-refractivity contribution in [2.45, 2.75) is 6.92 Å². The van der Waals surface area contributed by atoms with E-state index in [0.29, 0.717) is 0 Å². The van der Waals surface area contributed by atoms with Crippen molar-refractivity contribution in [2.24, 2.45) is 10.1 Å². The molecule has 0 aromatic carbocycles. The van der Waals surface area contributed by atoms with Crippen molar-refractivity contribution in [3.8, 4) is 10.6 Å². The highest BCUT2D eigenvalue weighted by molar-refractivity contribution is 7.14. The lowest BCUT2D eigenvalue weighted by molar-refractivity contribution is 0.834. The molecule has 106 valence electrons. The molecule has 0 radical (unpaired) electrons. The van der Waals surface area contributed by atoms with Gasteiger partial charge in [0.05, 0.1) is 16.8 Å². The monoisotopic (exact) mass is 314 g/mol. The molecule has 0 aliphatic rings. The molecule has 0 amide bonds. The topological polar surface area (TPSA) is 42.5 Å². The Morgan fingerprint density at radius 3 is 2.95 bits per heavy atom. The van der Waals surface area contributed by atoms with Crippen molar-refractivity contribution in [3.63, 3.8) is 0 Å². The van der Waals surface area contributed by atoms with Gasteiger partial charge in [-0.25, -0.2) is 4.68 Å². The normalized spacial score (nSPS) is 12.3. The first-order chi connectivity index (χ1) is 10.4. The lowest BCUT2D eigenvalue weighted by atomic mass is 10.3. The predicted molar refractivity (Wildman–Crippen MR) is 89.0 cm³/mol. The Balaban J connectivity index is 2.05. The minimum atomic E-state index is 0.743. The largest absolute Gasteiger partial charge is 0.264 e. The zero-order valence-electron chi connectivity index (χ0n) is 11.5. The highest BCUT2D eigenvalue weighted by atomic mass is 32.1. The summed E-state index contributed by atoms with van der Waals surface area (Å²) in [5, 5.41) is 8.75. The molecule has 0 atom stereocenters. The van der Waals surface area contributed by atoms with Crippen molar-refractivity contribution < 1.29 is 0 Å². The molecule has 3 heterocycles. The molecule has 4 nitrogen and oxygen atoms in total. The molecule has 0 unspecified atom stereocenters. The van der Waals surface area contributed by atoms with Crippen LogP contribution in [0.5, 0.6) is 0 Å². The molecule has 0 N–H and O–H groups in total. The van der Waals surface area contributed by atoms with Crippen molar-refractivity contribution >= 4 is 28.9 Å². The molecule has 6 heteroatoms. The van der Waals surface area contributed by atoms with Crippen LogP contribution in [0.1, 0.15) is 12.5 Å². The number of thiophene rings is 1. The van der Waals surface area contributed by atoms with E-state index < -0.39 is 0 Å². The number of hydrogen-bond acceptors (Lipinski definition) is 5. The number of aromatic nitrogens is 2. The second-order valence-electron chi connectivity index (χ2n) is 4.20. The van der Waals surface area contributed by atoms with Gasteiger partial charge in [0.25, 0.3) is 0 Å². The molecule has 0 saturated carbocycles. The van der Waals surface area contributed by atoms with Crippen LogP contribution in [0.4, 0.5) is 0 Å². The van der Waals surface area contributed by atoms with Crippen molar-refractivity contribution in [2.75, 3.05) is 6.54 Å². The highest BCUT2D eigenvalue weighted by Gasteiger charge is 2.07. The maximum Gasteiger partial charge on any atom is 0.206 e. The van der Waals surface area contributed by atoms with Crippen LogP contribution < -0.4 is 4.80 Å². The minimum absolute atomic E-state index is 0.743. The van der Waals surface area contributed by atoms with E-state index in [4.69, 9.17) is 0 Å². The van der Waals surface area contributed by atoms with Crippen LogP contribution in [0.2, 0.25) is 0 Å². The Morgan fingerprint density at radius 1 is 1.29 bits per heavy atom. The Labute approximate surface area is 130 Å². The Bertz CT molecular complexity index is 783. The van der Waals surface area contributed by atoms with Gasteiger partial charge < -0.3 is 0 Å². The second kappa shape index (κ2) is 6.60. The van der Waals surface area contributed by atoms with Gasteiger partial charge in [0.15, 0.2) is 0 Å². The first kappa shape index (κ1) is 13.9. The smallest absolute Gasteiger partial charge is 0.206 e. The minimum Gasteiger partial charge on any atom is -0.264 e. The molecule has 21 heavy (non-hydrogen) atoms. The Morgan fingerprint density at radius 2 is 2.24 bits per heavy atom. The molecule has 0 bridgehead atoms. The van der Waals surface area contributed by atoms with Gasteiger partial charge in [0, 0.05) is 29.9 Å². The van der Waals surface area contributed by atoms with Gasteiger partial charge in [0.1, 0.15) is 0 Å². The number of thiazole rings is 1. The van der Waals surface area contributed by atoms with Crippen molar-refractivity contribution in [1.29, 1.82) is 0 Å². The van der Waals surface area contributed by atoms with Crippen LogP contribution >= 0.6 is 22.7 Å². The van der Waals surface area contributed by atoms with Gasteiger partial charge in [-0.3, -0.25) is 9.98 Å². The molecule has 0 spiro atoms. The van der Waals surface area contributed by atoms with Crippen LogP contribution in [-0.2, 0) is 0 Å². The first-order valence-corrected chi connectivity index (χ1v) is 8.33. The third kappa shape index (κ3) is 3.17. The van der Waals surface area contributed by atoms with E-state index in [9.17, 15) is 0 Å². The molecule has 3 aromatic heterocycles. The van der Waals surface area contributed by atoms with E-state index in [-0.39, 0.29) is 0 Å². The van der Waals surface area contributed by atoms with Crippen LogP contribution in [0, 0.1) is 0 Å². The zero-order valence-corrected chi connectivity index (χ0v) is 13.1. The molecule has 0 saturated heterocycles. The van der Waals surface area contributed by atoms with Crippen molar-refractivity contribution in [1.82, 2.24) is 9.66 Å². The van der Waals surface area contributed by atoms with Crippen molar-refractivity contribution in [3.05, 3.63) is 57.8 Å². The summed E-state index contributed by atoms with van der Waals surface area (Å²) < 4.78 is 1.90. The lowest BCUT2D eigenvalue weighted by Crippen LogP contribution is -2.12. The quantitative estimate of drug-likeness (QED) is 0.680. The predicted octanol–water partition coefficient (Wildman–Crippen LogP) is 3.48. The number of hydrogen-bond donors (Lipinski definition) is 0. The highest BCUT2D eigenvalue weighted by Crippen LogP contribution is 2.24. The van der Waals surface area contributed by atoms with Gasteiger partial charge in [-0.05, 0) is 24.4 Å². The second-order valence-corrected chi connectivity index (χ2v) is 5.98. The first-order valence-electron chi connectivity index (χ1n) is 6.58. The zero-order chi connectivity index (χ0) is 14.5. The summed E-state index contributed by atoms with van der Waals surface area (Å²) in [7, 11) is 0. The number of rotatable bonds is 4. The summed E-state index contributed by atoms with van der Waals surface area (Å²) in [6, 6.07) is 8.02. The molecule has 0 aliphatic carbocycles. The van der Waals surface area contributed by atoms with Gasteiger partial charge in [-0.15, -0.1) is 22.7 Å². The lowest BCUT2D eigenvalue weighted by Gasteiger charge is -2.00. The summed E-state index contributed by atoms with van der Waals surface area (Å²) >= 11 is 3.31. The van der Waals surface area contributed by atoms with Crippen LogP contribution in [0.15, 0.2) is 57.5 Å². The maximum absolute atomic E-state index is 4.59. The van der Waals surface area contributed by atoms with E-state index in [2.05, 4.69) is 31.9 Å². The number of pyridine rings is 1. The summed E-state index contributed by atoms with van der Waals surface area (Å²) in [5.74, 6) is 0. The summed E-state index contributed by atoms with van der Waals surface area (Å²) in [4.78, 5) is 10.7. The molecule has 0 aliphatic heterocycles. The van der Waals surface area contributed by atoms with E-state index >= 15 is 0 Å². The van der Waals surface area contributed by atoms with E-state index in [1.54, 1.807) is 35.1 Å². The van der Waals surface area contributed by atoms with Gasteiger partial charge >= 0.3 is 0 Å². The van der Waals surface area contributed by atoms with Crippen LogP contribution in [0.25, 0.3) is 10.6 Å². The van der Waals surface area contributed by atoms with Crippen LogP contribution in [-0.4, -0.2) is 22.4 Å². The SMILES string of the molecule is CCN=c1scc(-c2cccs2)n1/N=C\c1cccnc1. The van der Waals surface area contributed by atoms with Gasteiger partial charge in [0.2, 0.25) is 4.80 Å². The standard InChI is InChI=1S/C15H14N4S2/c1-2-17-15-19(18-10-12-5-3-7-16-9-12)13(11-21-15)14-6-4-8-20-14/h3-11H,2H2,1H3/b17-15?,18-10-. The fraction of sp³-hybridized carbons (Fsp3) is 0.133. The fourth-order valence-electron chi connectivity index (χ4n) is 1.83. The van der Waals surface area contributed by atoms with Gasteiger partial charge in [-0.1, -0.05) is 12.1 Å². The molecular weight excluding hydrogens is 300 g/mol. The Hall–Kier alpha value is -2.05. The summed E-state index contributed by atoms with van der Waals surface area (Å²) in [6.07, 6.45) is 5.35. The maximum atomic E-state index is 4.59. The molecular formula is C15H14N4S2. The fourth-order valence-corrected chi connectivity index (χ4v) is 3.52. The van der Waals surface area contributed by atoms with E-state index in [1.165, 1.54) is 4.88 Å². The molecule has 0 fully saturated rings. The third-order valence-corrected chi connectivity index (χ3v) is 4.51. The number of nitrogens with zero attached hydrogens (tertiary/aromatic N) is 4. The average molecular weight is 314 g/mol. The van der Waals surface area contributed by atoms with E-state index in [0.717, 1.165) is 22.6 Å². The van der Waals surface area contributed by atoms with Crippen LogP contribution in [0.3, 0.4) is 0 Å². The van der Waals surface area contributed by atoms with Gasteiger partial charge in [-0.2, -0.15) is 5.10 Å². The third-order valence-electron chi connectivity index (χ3n) is 2.76. The summed E-state index contributed by atoms with van der Waals surface area (Å²) in [5.41, 5.74) is 2.04. The summed E-state index contributed by atoms with van der Waals surface area (Å²) in [6.45, 7) is 2.77. The average Bonchev–Trinajstić information content (AvgIpc) is 3.16. The molecule has 3 rings (SSSR count).